The van der Waals surface area contributed by atoms with E-state index in [4.69, 9.17) is 5.73 Å². The maximum absolute atomic E-state index is 11.0. The second-order valence-electron chi connectivity index (χ2n) is 4.59. The number of hydrogen-bond donors (Lipinski definition) is 2. The van der Waals surface area contributed by atoms with Gasteiger partial charge in [0.25, 0.3) is 5.91 Å². The van der Waals surface area contributed by atoms with Crippen molar-refractivity contribution in [2.75, 3.05) is 18.0 Å². The van der Waals surface area contributed by atoms with E-state index in [9.17, 15) is 9.90 Å². The van der Waals surface area contributed by atoms with E-state index in [1.54, 1.807) is 12.3 Å². The molecule has 1 fully saturated rings. The molecule has 0 aromatic carbocycles. The number of primary amides is 1. The number of aliphatic hydroxyl groups is 1. The Morgan fingerprint density at radius 2 is 2.35 bits per heavy atom. The Kier molecular flexibility index (Phi) is 3.02. The fourth-order valence-corrected chi connectivity index (χ4v) is 2.22. The molecule has 0 aliphatic carbocycles. The first kappa shape index (κ1) is 11.9. The molecule has 92 valence electrons. The van der Waals surface area contributed by atoms with Crippen LogP contribution in [0, 0.1) is 0 Å². The molecule has 1 saturated heterocycles. The SMILES string of the molecule is CCCC1(O)CN(c2ccnc(C(N)=O)c2)C1. The Morgan fingerprint density at radius 3 is 2.94 bits per heavy atom. The summed E-state index contributed by atoms with van der Waals surface area (Å²) in [6.07, 6.45) is 3.33. The van der Waals surface area contributed by atoms with Gasteiger partial charge in [0.05, 0.1) is 5.60 Å². The lowest BCUT2D eigenvalue weighted by Gasteiger charge is -2.48. The first-order chi connectivity index (χ1) is 8.04. The second-order valence-corrected chi connectivity index (χ2v) is 4.59. The van der Waals surface area contributed by atoms with Gasteiger partial charge >= 0.3 is 0 Å². The van der Waals surface area contributed by atoms with Crippen LogP contribution in [0.2, 0.25) is 0 Å². The maximum atomic E-state index is 11.0. The monoisotopic (exact) mass is 235 g/mol. The topological polar surface area (TPSA) is 79.4 Å². The molecule has 0 spiro atoms. The summed E-state index contributed by atoms with van der Waals surface area (Å²) in [6.45, 7) is 3.25. The van der Waals surface area contributed by atoms with Crippen LogP contribution in [0.5, 0.6) is 0 Å². The van der Waals surface area contributed by atoms with E-state index in [0.717, 1.165) is 18.5 Å². The molecule has 1 aliphatic rings. The predicted octanol–water partition coefficient (Wildman–Crippen LogP) is 0.532. The van der Waals surface area contributed by atoms with Crippen LogP contribution in [-0.4, -0.2) is 34.7 Å². The van der Waals surface area contributed by atoms with E-state index in [0.29, 0.717) is 13.1 Å². The Morgan fingerprint density at radius 1 is 1.65 bits per heavy atom. The average molecular weight is 235 g/mol. The van der Waals surface area contributed by atoms with Gasteiger partial charge in [-0.05, 0) is 18.6 Å². The quantitative estimate of drug-likeness (QED) is 0.798. The van der Waals surface area contributed by atoms with Crippen molar-refractivity contribution >= 4 is 11.6 Å². The van der Waals surface area contributed by atoms with Crippen molar-refractivity contribution in [3.63, 3.8) is 0 Å². The standard InChI is InChI=1S/C12H17N3O2/c1-2-4-12(17)7-15(8-12)9-3-5-14-10(6-9)11(13)16/h3,5-6,17H,2,4,7-8H2,1H3,(H2,13,16). The largest absolute Gasteiger partial charge is 0.386 e. The average Bonchev–Trinajstić information content (AvgIpc) is 2.26. The number of hydrogen-bond acceptors (Lipinski definition) is 4. The number of β-amino-alcohol motifs (C(OH)–C–C–N with tert-alkyl or cyclic N) is 1. The van der Waals surface area contributed by atoms with Gasteiger partial charge in [-0.2, -0.15) is 0 Å². The Hall–Kier alpha value is -1.62. The van der Waals surface area contributed by atoms with Gasteiger partial charge in [-0.3, -0.25) is 9.78 Å². The van der Waals surface area contributed by atoms with Crippen LogP contribution in [0.4, 0.5) is 5.69 Å². The molecule has 0 atom stereocenters. The highest BCUT2D eigenvalue weighted by Crippen LogP contribution is 2.30. The molecule has 5 nitrogen and oxygen atoms in total. The Balaban J connectivity index is 2.06. The van der Waals surface area contributed by atoms with Gasteiger partial charge in [0.1, 0.15) is 5.69 Å². The van der Waals surface area contributed by atoms with E-state index >= 15 is 0 Å². The van der Waals surface area contributed by atoms with Crippen LogP contribution >= 0.6 is 0 Å². The number of pyridine rings is 1. The van der Waals surface area contributed by atoms with E-state index < -0.39 is 11.5 Å². The van der Waals surface area contributed by atoms with Crippen molar-refractivity contribution in [2.24, 2.45) is 5.73 Å². The maximum Gasteiger partial charge on any atom is 0.267 e. The minimum absolute atomic E-state index is 0.258. The molecule has 2 rings (SSSR count). The van der Waals surface area contributed by atoms with Crippen LogP contribution in [-0.2, 0) is 0 Å². The predicted molar refractivity (Wildman–Crippen MR) is 64.8 cm³/mol. The lowest BCUT2D eigenvalue weighted by atomic mass is 9.89. The molecule has 1 amide bonds. The lowest BCUT2D eigenvalue weighted by molar-refractivity contribution is 0.00339. The molecule has 0 unspecified atom stereocenters. The van der Waals surface area contributed by atoms with Crippen molar-refractivity contribution < 1.29 is 9.90 Å². The van der Waals surface area contributed by atoms with E-state index in [-0.39, 0.29) is 5.69 Å². The van der Waals surface area contributed by atoms with Crippen LogP contribution in [0.1, 0.15) is 30.3 Å². The van der Waals surface area contributed by atoms with Crippen LogP contribution in [0.25, 0.3) is 0 Å². The fourth-order valence-electron chi connectivity index (χ4n) is 2.22. The summed E-state index contributed by atoms with van der Waals surface area (Å²) < 4.78 is 0. The van der Waals surface area contributed by atoms with Crippen molar-refractivity contribution in [1.82, 2.24) is 4.98 Å². The van der Waals surface area contributed by atoms with Gasteiger partial charge in [0.15, 0.2) is 0 Å². The highest BCUT2D eigenvalue weighted by atomic mass is 16.3. The molecular weight excluding hydrogens is 218 g/mol. The number of nitrogens with zero attached hydrogens (tertiary/aromatic N) is 2. The third-order valence-corrected chi connectivity index (χ3v) is 3.05. The number of aromatic nitrogens is 1. The molecule has 0 radical (unpaired) electrons. The Bertz CT molecular complexity index is 428. The van der Waals surface area contributed by atoms with Crippen molar-refractivity contribution in [3.05, 3.63) is 24.0 Å². The lowest BCUT2D eigenvalue weighted by Crippen LogP contribution is -2.62. The Labute approximate surface area is 100 Å². The number of amides is 1. The number of carbonyl (C=O) groups is 1. The fraction of sp³-hybridized carbons (Fsp3) is 0.500. The molecule has 1 aliphatic heterocycles. The van der Waals surface area contributed by atoms with Crippen molar-refractivity contribution in [1.29, 1.82) is 0 Å². The smallest absolute Gasteiger partial charge is 0.267 e. The number of nitrogens with two attached hydrogens (primary N) is 1. The molecule has 0 bridgehead atoms. The van der Waals surface area contributed by atoms with Gasteiger partial charge in [-0.15, -0.1) is 0 Å². The summed E-state index contributed by atoms with van der Waals surface area (Å²) in [4.78, 5) is 16.9. The molecular formula is C12H17N3O2. The second kappa shape index (κ2) is 4.33. The highest BCUT2D eigenvalue weighted by Gasteiger charge is 2.40. The molecule has 17 heavy (non-hydrogen) atoms. The zero-order valence-electron chi connectivity index (χ0n) is 9.89. The van der Waals surface area contributed by atoms with Crippen LogP contribution in [0.3, 0.4) is 0 Å². The van der Waals surface area contributed by atoms with Gasteiger partial charge < -0.3 is 15.7 Å². The number of carbonyl (C=O) groups excluding carboxylic acids is 1. The third kappa shape index (κ3) is 2.39. The highest BCUT2D eigenvalue weighted by molar-refractivity contribution is 5.91. The first-order valence-electron chi connectivity index (χ1n) is 5.77. The molecule has 3 N–H and O–H groups in total. The minimum atomic E-state index is -0.578. The van der Waals surface area contributed by atoms with Gasteiger partial charge in [0.2, 0.25) is 0 Å². The zero-order valence-corrected chi connectivity index (χ0v) is 9.89. The van der Waals surface area contributed by atoms with Crippen molar-refractivity contribution in [3.8, 4) is 0 Å². The zero-order chi connectivity index (χ0) is 12.5. The van der Waals surface area contributed by atoms with E-state index in [2.05, 4.69) is 11.9 Å². The molecule has 2 heterocycles. The summed E-state index contributed by atoms with van der Waals surface area (Å²) in [5, 5.41) is 10.1. The van der Waals surface area contributed by atoms with Crippen molar-refractivity contribution in [2.45, 2.75) is 25.4 Å². The summed E-state index contributed by atoms with van der Waals surface area (Å²) in [5.74, 6) is -0.531. The summed E-state index contributed by atoms with van der Waals surface area (Å²) >= 11 is 0. The van der Waals surface area contributed by atoms with Gasteiger partial charge in [0, 0.05) is 25.0 Å². The summed E-state index contributed by atoms with van der Waals surface area (Å²) in [6, 6.07) is 3.48. The van der Waals surface area contributed by atoms with Crippen LogP contribution < -0.4 is 10.6 Å². The van der Waals surface area contributed by atoms with Crippen LogP contribution in [0.15, 0.2) is 18.3 Å². The number of anilines is 1. The molecule has 5 heteroatoms. The normalized spacial score (nSPS) is 17.6. The summed E-state index contributed by atoms with van der Waals surface area (Å²) in [7, 11) is 0. The third-order valence-electron chi connectivity index (χ3n) is 3.05. The van der Waals surface area contributed by atoms with Gasteiger partial charge in [-0.25, -0.2) is 0 Å². The van der Waals surface area contributed by atoms with E-state index in [1.807, 2.05) is 11.0 Å². The minimum Gasteiger partial charge on any atom is -0.386 e. The molecule has 0 saturated carbocycles. The molecule has 1 aromatic heterocycles. The van der Waals surface area contributed by atoms with E-state index in [1.165, 1.54) is 0 Å². The summed E-state index contributed by atoms with van der Waals surface area (Å²) in [5.41, 5.74) is 5.74. The first-order valence-corrected chi connectivity index (χ1v) is 5.77. The number of rotatable bonds is 4. The van der Waals surface area contributed by atoms with Gasteiger partial charge in [-0.1, -0.05) is 13.3 Å². The molecule has 1 aromatic rings.